The Morgan fingerprint density at radius 1 is 0.657 bits per heavy atom. The van der Waals surface area contributed by atoms with Crippen LogP contribution in [0.5, 0.6) is 0 Å². The maximum absolute atomic E-state index is 11.4. The summed E-state index contributed by atoms with van der Waals surface area (Å²) >= 11 is 0. The van der Waals surface area contributed by atoms with Gasteiger partial charge in [0.15, 0.2) is 0 Å². The Balaban J connectivity index is 0.00000306. The number of aromatic nitrogens is 4. The summed E-state index contributed by atoms with van der Waals surface area (Å²) in [7, 11) is -8.74. The van der Waals surface area contributed by atoms with Crippen LogP contribution in [0.3, 0.4) is 0 Å². The minimum atomic E-state index is -4.37. The SMILES string of the molecule is O=S(=O)(O)c1ccc(-c2nnc(-c3ccccn3)nc2-c2ccc(S(=O)(=O)O)cc2)cc1.[Fe].[Fe].[H-].[Na+]. The normalized spacial score (nSPS) is 10.9. The zero-order valence-electron chi connectivity index (χ0n) is 18.8. The quantitative estimate of drug-likeness (QED) is 0.232. The number of rotatable bonds is 5. The molecule has 0 aliphatic rings. The van der Waals surface area contributed by atoms with Gasteiger partial charge in [-0.15, -0.1) is 10.2 Å². The molecule has 0 saturated carbocycles. The second-order valence-electron chi connectivity index (χ2n) is 6.55. The molecule has 0 atom stereocenters. The molecule has 0 aliphatic carbocycles. The molecule has 2 aromatic heterocycles. The summed E-state index contributed by atoms with van der Waals surface area (Å²) in [6, 6.07) is 15.8. The first-order chi connectivity index (χ1) is 15.1. The van der Waals surface area contributed by atoms with Crippen molar-refractivity contribution in [1.82, 2.24) is 20.2 Å². The number of benzene rings is 2. The van der Waals surface area contributed by atoms with Crippen molar-refractivity contribution in [1.29, 1.82) is 0 Å². The number of pyridine rings is 1. The van der Waals surface area contributed by atoms with Crippen LogP contribution in [0.2, 0.25) is 0 Å². The molecular weight excluding hydrogens is 591 g/mol. The maximum atomic E-state index is 11.4. The minimum absolute atomic E-state index is 0. The maximum Gasteiger partial charge on any atom is 1.00 e. The van der Waals surface area contributed by atoms with Crippen molar-refractivity contribution in [2.75, 3.05) is 0 Å². The van der Waals surface area contributed by atoms with E-state index in [0.717, 1.165) is 0 Å². The second-order valence-corrected chi connectivity index (χ2v) is 9.39. The summed E-state index contributed by atoms with van der Waals surface area (Å²) in [6.45, 7) is 0. The molecule has 0 fully saturated rings. The Bertz CT molecular complexity index is 1510. The monoisotopic (exact) mass is 606 g/mol. The Hall–Kier alpha value is -1.54. The van der Waals surface area contributed by atoms with Gasteiger partial charge in [-0.2, -0.15) is 16.8 Å². The topological polar surface area (TPSA) is 160 Å². The Kier molecular flexibility index (Phi) is 11.4. The molecule has 35 heavy (non-hydrogen) atoms. The van der Waals surface area contributed by atoms with E-state index in [0.29, 0.717) is 22.5 Å². The molecule has 0 saturated heterocycles. The van der Waals surface area contributed by atoms with E-state index in [-0.39, 0.29) is 86.4 Å². The molecule has 4 rings (SSSR count). The smallest absolute Gasteiger partial charge is 1.00 e. The van der Waals surface area contributed by atoms with E-state index in [1.165, 1.54) is 48.5 Å². The fraction of sp³-hybridized carbons (Fsp3) is 0. The zero-order chi connectivity index (χ0) is 22.9. The number of hydrogen-bond acceptors (Lipinski definition) is 8. The van der Waals surface area contributed by atoms with Gasteiger partial charge in [0.25, 0.3) is 20.2 Å². The third-order valence-electron chi connectivity index (χ3n) is 4.43. The van der Waals surface area contributed by atoms with E-state index in [4.69, 9.17) is 0 Å². The van der Waals surface area contributed by atoms with Crippen molar-refractivity contribution in [2.24, 2.45) is 0 Å². The fourth-order valence-corrected chi connectivity index (χ4v) is 3.85. The molecule has 2 heterocycles. The van der Waals surface area contributed by atoms with Gasteiger partial charge in [0.1, 0.15) is 17.1 Å². The van der Waals surface area contributed by atoms with Crippen LogP contribution in [0.1, 0.15) is 1.43 Å². The molecule has 2 aromatic carbocycles. The first-order valence-electron chi connectivity index (χ1n) is 8.95. The molecule has 0 amide bonds. The molecule has 0 aliphatic heterocycles. The van der Waals surface area contributed by atoms with Gasteiger partial charge in [-0.3, -0.25) is 14.1 Å². The molecule has 10 nitrogen and oxygen atoms in total. The van der Waals surface area contributed by atoms with E-state index in [1.807, 2.05) is 0 Å². The van der Waals surface area contributed by atoms with Crippen LogP contribution in [0.4, 0.5) is 0 Å². The summed E-state index contributed by atoms with van der Waals surface area (Å²) in [5.74, 6) is 0.220. The van der Waals surface area contributed by atoms with Gasteiger partial charge in [-0.05, 0) is 36.4 Å². The number of hydrogen-bond donors (Lipinski definition) is 2. The second kappa shape index (κ2) is 12.6. The van der Waals surface area contributed by atoms with Crippen LogP contribution in [0, 0.1) is 0 Å². The molecule has 0 unspecified atom stereocenters. The van der Waals surface area contributed by atoms with Gasteiger partial charge in [-0.1, -0.05) is 30.3 Å². The average molecular weight is 606 g/mol. The van der Waals surface area contributed by atoms with Gasteiger partial charge in [0.05, 0.1) is 9.79 Å². The summed E-state index contributed by atoms with van der Waals surface area (Å²) in [5.41, 5.74) is 1.99. The number of nitrogens with zero attached hydrogens (tertiary/aromatic N) is 4. The van der Waals surface area contributed by atoms with Crippen molar-refractivity contribution >= 4 is 20.2 Å². The minimum Gasteiger partial charge on any atom is -1.00 e. The molecule has 0 spiro atoms. The largest absolute Gasteiger partial charge is 1.00 e. The van der Waals surface area contributed by atoms with Crippen molar-refractivity contribution in [3.05, 3.63) is 72.9 Å². The van der Waals surface area contributed by atoms with Crippen molar-refractivity contribution in [2.45, 2.75) is 9.79 Å². The summed E-state index contributed by atoms with van der Waals surface area (Å²) in [4.78, 5) is 8.17. The van der Waals surface area contributed by atoms with Crippen molar-refractivity contribution < 1.29 is 91.1 Å². The Morgan fingerprint density at radius 2 is 1.14 bits per heavy atom. The van der Waals surface area contributed by atoms with Crippen LogP contribution >= 0.6 is 0 Å². The van der Waals surface area contributed by atoms with Crippen molar-refractivity contribution in [3.63, 3.8) is 0 Å². The Morgan fingerprint density at radius 3 is 1.57 bits per heavy atom. The van der Waals surface area contributed by atoms with Crippen LogP contribution in [0.25, 0.3) is 34.0 Å². The van der Waals surface area contributed by atoms with E-state index in [1.54, 1.807) is 24.4 Å². The van der Waals surface area contributed by atoms with E-state index >= 15 is 0 Å². The molecule has 2 N–H and O–H groups in total. The van der Waals surface area contributed by atoms with Gasteiger partial charge in [0, 0.05) is 51.5 Å². The van der Waals surface area contributed by atoms with Gasteiger partial charge < -0.3 is 1.43 Å². The molecule has 180 valence electrons. The van der Waals surface area contributed by atoms with Crippen LogP contribution < -0.4 is 29.6 Å². The predicted molar refractivity (Wildman–Crippen MR) is 115 cm³/mol. The molecule has 4 aromatic rings. The first-order valence-corrected chi connectivity index (χ1v) is 11.8. The van der Waals surface area contributed by atoms with Crippen LogP contribution in [-0.2, 0) is 54.4 Å². The third-order valence-corrected chi connectivity index (χ3v) is 6.17. The molecule has 0 bridgehead atoms. The fourth-order valence-electron chi connectivity index (χ4n) is 2.89. The van der Waals surface area contributed by atoms with Gasteiger partial charge in [0.2, 0.25) is 5.82 Å². The van der Waals surface area contributed by atoms with E-state index in [9.17, 15) is 25.9 Å². The first kappa shape index (κ1) is 31.5. The molecular formula is C20H15Fe2N4NaO6S2. The predicted octanol–water partition coefficient (Wildman–Crippen LogP) is -0.127. The standard InChI is InChI=1S/C20H14N4O6S2.2Fe.Na.H/c25-31(26,27)15-8-4-13(5-9-15)18-19(14-6-10-16(11-7-14)32(28,29)30)23-24-20(22-18)17-3-1-2-12-21-17;;;;/h1-12H,(H,25,26,27)(H,28,29,30);;;;/q;;;+1;-1. The van der Waals surface area contributed by atoms with E-state index in [2.05, 4.69) is 20.2 Å². The summed E-state index contributed by atoms with van der Waals surface area (Å²) < 4.78 is 63.8. The average Bonchev–Trinajstić information content (AvgIpc) is 2.78. The molecule has 0 radical (unpaired) electrons. The summed E-state index contributed by atoms with van der Waals surface area (Å²) in [6.07, 6.45) is 1.57. The van der Waals surface area contributed by atoms with Gasteiger partial charge in [-0.25, -0.2) is 4.98 Å². The third kappa shape index (κ3) is 7.48. The summed E-state index contributed by atoms with van der Waals surface area (Å²) in [5, 5.41) is 8.34. The van der Waals surface area contributed by atoms with Gasteiger partial charge >= 0.3 is 29.6 Å². The molecule has 15 heteroatoms. The van der Waals surface area contributed by atoms with E-state index < -0.39 is 20.2 Å². The van der Waals surface area contributed by atoms with Crippen LogP contribution in [-0.4, -0.2) is 46.1 Å². The Labute approximate surface area is 246 Å². The van der Waals surface area contributed by atoms with Crippen molar-refractivity contribution in [3.8, 4) is 34.0 Å². The van der Waals surface area contributed by atoms with Crippen LogP contribution in [0.15, 0.2) is 82.7 Å². The zero-order valence-corrected chi connectivity index (χ0v) is 23.6.